The van der Waals surface area contributed by atoms with Gasteiger partial charge in [0.1, 0.15) is 0 Å². The second kappa shape index (κ2) is 8.96. The van der Waals surface area contributed by atoms with Crippen LogP contribution in [0.4, 0.5) is 0 Å². The van der Waals surface area contributed by atoms with E-state index in [0.717, 1.165) is 14.6 Å². The molecular weight excluding hydrogens is 476 g/mol. The Morgan fingerprint density at radius 2 is 1.56 bits per heavy atom. The van der Waals surface area contributed by atoms with Gasteiger partial charge in [-0.1, -0.05) is 37.9 Å². The van der Waals surface area contributed by atoms with Gasteiger partial charge in [0.15, 0.2) is 0 Å². The van der Waals surface area contributed by atoms with Crippen LogP contribution in [-0.2, 0) is 0 Å². The Bertz CT molecular complexity index is 954. The number of amides is 2. The maximum absolute atomic E-state index is 12.2. The molecule has 3 aromatic rings. The van der Waals surface area contributed by atoms with Crippen LogP contribution in [0.5, 0.6) is 0 Å². The molecule has 0 aliphatic rings. The first-order valence-corrected chi connectivity index (χ1v) is 9.74. The molecule has 0 spiro atoms. The molecule has 0 radical (unpaired) electrons. The summed E-state index contributed by atoms with van der Waals surface area (Å²) in [6.07, 6.45) is 3.18. The number of carbonyl (C=O) groups is 2. The van der Waals surface area contributed by atoms with Gasteiger partial charge in [-0.3, -0.25) is 9.59 Å². The summed E-state index contributed by atoms with van der Waals surface area (Å²) in [5.74, 6) is -0.427. The van der Waals surface area contributed by atoms with E-state index in [4.69, 9.17) is 0 Å². The Kier molecular flexibility index (Phi) is 6.41. The van der Waals surface area contributed by atoms with Crippen molar-refractivity contribution in [2.24, 2.45) is 0 Å². The topological polar surface area (TPSA) is 76.0 Å². The zero-order valence-electron chi connectivity index (χ0n) is 14.2. The molecule has 0 aliphatic heterocycles. The van der Waals surface area contributed by atoms with E-state index in [2.05, 4.69) is 47.6 Å². The van der Waals surface area contributed by atoms with Crippen molar-refractivity contribution in [3.8, 4) is 5.69 Å². The van der Waals surface area contributed by atoms with E-state index in [0.29, 0.717) is 24.2 Å². The van der Waals surface area contributed by atoms with Crippen molar-refractivity contribution in [3.05, 3.63) is 81.0 Å². The highest BCUT2D eigenvalue weighted by molar-refractivity contribution is 9.10. The van der Waals surface area contributed by atoms with E-state index < -0.39 is 0 Å². The van der Waals surface area contributed by atoms with E-state index in [1.807, 2.05) is 30.3 Å². The SMILES string of the molecule is O=C(NCCNC(=O)c1cnn(-c2ccc(Br)cc2)c1)c1cccc(Br)c1. The quantitative estimate of drug-likeness (QED) is 0.517. The number of nitrogens with one attached hydrogen (secondary N) is 2. The minimum atomic E-state index is -0.241. The fourth-order valence-corrected chi connectivity index (χ4v) is 3.02. The summed E-state index contributed by atoms with van der Waals surface area (Å²) in [6, 6.07) is 14.7. The van der Waals surface area contributed by atoms with Crippen molar-refractivity contribution in [2.45, 2.75) is 0 Å². The van der Waals surface area contributed by atoms with Gasteiger partial charge in [-0.2, -0.15) is 5.10 Å². The molecule has 0 saturated heterocycles. The lowest BCUT2D eigenvalue weighted by Crippen LogP contribution is -2.34. The molecule has 2 amide bonds. The molecule has 0 aliphatic carbocycles. The first-order valence-electron chi connectivity index (χ1n) is 8.15. The van der Waals surface area contributed by atoms with Gasteiger partial charge in [-0.15, -0.1) is 0 Å². The van der Waals surface area contributed by atoms with Gasteiger partial charge in [-0.05, 0) is 42.5 Å². The van der Waals surface area contributed by atoms with Crippen LogP contribution in [0.3, 0.4) is 0 Å². The van der Waals surface area contributed by atoms with Crippen LogP contribution in [0.25, 0.3) is 5.69 Å². The van der Waals surface area contributed by atoms with Gasteiger partial charge >= 0.3 is 0 Å². The zero-order chi connectivity index (χ0) is 19.2. The highest BCUT2D eigenvalue weighted by Gasteiger charge is 2.10. The van der Waals surface area contributed by atoms with Gasteiger partial charge in [-0.25, -0.2) is 4.68 Å². The Morgan fingerprint density at radius 3 is 2.22 bits per heavy atom. The molecule has 1 aromatic heterocycles. The molecule has 0 atom stereocenters. The number of benzene rings is 2. The van der Waals surface area contributed by atoms with Crippen molar-refractivity contribution >= 4 is 43.7 Å². The number of nitrogens with zero attached hydrogens (tertiary/aromatic N) is 2. The molecule has 2 aromatic carbocycles. The van der Waals surface area contributed by atoms with Gasteiger partial charge < -0.3 is 10.6 Å². The van der Waals surface area contributed by atoms with Crippen LogP contribution in [0.15, 0.2) is 69.9 Å². The summed E-state index contributed by atoms with van der Waals surface area (Å²) in [7, 11) is 0. The Hall–Kier alpha value is -2.45. The third-order valence-electron chi connectivity index (χ3n) is 3.72. The lowest BCUT2D eigenvalue weighted by Gasteiger charge is -2.06. The van der Waals surface area contributed by atoms with E-state index in [1.54, 1.807) is 29.1 Å². The van der Waals surface area contributed by atoms with Crippen molar-refractivity contribution < 1.29 is 9.59 Å². The van der Waals surface area contributed by atoms with Crippen LogP contribution in [0.1, 0.15) is 20.7 Å². The van der Waals surface area contributed by atoms with Crippen molar-refractivity contribution in [2.75, 3.05) is 13.1 Å². The standard InChI is InChI=1S/C19H16Br2N4O2/c20-15-4-6-17(7-5-15)25-12-14(11-24-25)19(27)23-9-8-22-18(26)13-2-1-3-16(21)10-13/h1-7,10-12H,8-9H2,(H,22,26)(H,23,27). The largest absolute Gasteiger partial charge is 0.350 e. The molecule has 1 heterocycles. The molecule has 2 N–H and O–H groups in total. The summed E-state index contributed by atoms with van der Waals surface area (Å²) >= 11 is 6.72. The summed E-state index contributed by atoms with van der Waals surface area (Å²) in [5.41, 5.74) is 1.88. The Morgan fingerprint density at radius 1 is 0.889 bits per heavy atom. The molecule has 0 saturated carbocycles. The number of hydrogen-bond donors (Lipinski definition) is 2. The van der Waals surface area contributed by atoms with Gasteiger partial charge in [0.25, 0.3) is 11.8 Å². The van der Waals surface area contributed by atoms with Crippen molar-refractivity contribution in [1.82, 2.24) is 20.4 Å². The second-order valence-corrected chi connectivity index (χ2v) is 7.50. The van der Waals surface area contributed by atoms with Gasteiger partial charge in [0, 0.05) is 33.8 Å². The minimum absolute atomic E-state index is 0.186. The van der Waals surface area contributed by atoms with Crippen LogP contribution in [0, 0.1) is 0 Å². The van der Waals surface area contributed by atoms with E-state index in [1.165, 1.54) is 6.20 Å². The fourth-order valence-electron chi connectivity index (χ4n) is 2.36. The normalized spacial score (nSPS) is 10.4. The fraction of sp³-hybridized carbons (Fsp3) is 0.105. The molecule has 8 heteroatoms. The number of rotatable bonds is 6. The monoisotopic (exact) mass is 490 g/mol. The highest BCUT2D eigenvalue weighted by atomic mass is 79.9. The third-order valence-corrected chi connectivity index (χ3v) is 4.74. The van der Waals surface area contributed by atoms with Gasteiger partial charge in [0.05, 0.1) is 17.4 Å². The Balaban J connectivity index is 1.48. The predicted molar refractivity (Wildman–Crippen MR) is 110 cm³/mol. The summed E-state index contributed by atoms with van der Waals surface area (Å²) in [5, 5.41) is 9.74. The number of carbonyl (C=O) groups excluding carboxylic acids is 2. The molecule has 27 heavy (non-hydrogen) atoms. The maximum Gasteiger partial charge on any atom is 0.254 e. The molecule has 0 unspecified atom stereocenters. The van der Waals surface area contributed by atoms with Crippen LogP contribution >= 0.6 is 31.9 Å². The van der Waals surface area contributed by atoms with Gasteiger partial charge in [0.2, 0.25) is 0 Å². The molecule has 3 rings (SSSR count). The summed E-state index contributed by atoms with van der Waals surface area (Å²) < 4.78 is 3.45. The average molecular weight is 492 g/mol. The predicted octanol–water partition coefficient (Wildman–Crippen LogP) is 3.56. The third kappa shape index (κ3) is 5.27. The second-order valence-electron chi connectivity index (χ2n) is 5.67. The van der Waals surface area contributed by atoms with Crippen LogP contribution in [-0.4, -0.2) is 34.7 Å². The van der Waals surface area contributed by atoms with E-state index in [-0.39, 0.29) is 11.8 Å². The first-order chi connectivity index (χ1) is 13.0. The van der Waals surface area contributed by atoms with Crippen LogP contribution < -0.4 is 10.6 Å². The van der Waals surface area contributed by atoms with E-state index in [9.17, 15) is 9.59 Å². The highest BCUT2D eigenvalue weighted by Crippen LogP contribution is 2.14. The number of hydrogen-bond acceptors (Lipinski definition) is 3. The first kappa shape index (κ1) is 19.3. The lowest BCUT2D eigenvalue weighted by molar-refractivity contribution is 0.0927. The Labute approximate surface area is 173 Å². The molecular formula is C19H16Br2N4O2. The zero-order valence-corrected chi connectivity index (χ0v) is 17.3. The molecule has 0 fully saturated rings. The van der Waals surface area contributed by atoms with Crippen molar-refractivity contribution in [3.63, 3.8) is 0 Å². The van der Waals surface area contributed by atoms with Crippen LogP contribution in [0.2, 0.25) is 0 Å². The minimum Gasteiger partial charge on any atom is -0.350 e. The lowest BCUT2D eigenvalue weighted by atomic mass is 10.2. The maximum atomic E-state index is 12.2. The molecule has 138 valence electrons. The number of aromatic nitrogens is 2. The molecule has 6 nitrogen and oxygen atoms in total. The molecule has 0 bridgehead atoms. The summed E-state index contributed by atoms with van der Waals surface area (Å²) in [6.45, 7) is 0.653. The van der Waals surface area contributed by atoms with Crippen molar-refractivity contribution in [1.29, 1.82) is 0 Å². The number of halogens is 2. The average Bonchev–Trinajstić information content (AvgIpc) is 3.16. The summed E-state index contributed by atoms with van der Waals surface area (Å²) in [4.78, 5) is 24.2. The smallest absolute Gasteiger partial charge is 0.254 e. The van der Waals surface area contributed by atoms with E-state index >= 15 is 0 Å².